The maximum Gasteiger partial charge on any atom is 0.251 e. The topological polar surface area (TPSA) is 411 Å². The molecule has 0 spiro atoms. The van der Waals surface area contributed by atoms with Gasteiger partial charge in [-0.05, 0) is 86.8 Å². The molecule has 10 rings (SSSR count). The molecular weight excluding hydrogens is 1310 g/mol. The number of β-amino-alcohol motifs (C(OH)–C–C–N with tert-alkyl or cyclic N) is 1. The second kappa shape index (κ2) is 32.6. The average molecular weight is 1390 g/mol. The zero-order valence-electron chi connectivity index (χ0n) is 51.8. The Balaban J connectivity index is 0.00000417. The Morgan fingerprint density at radius 2 is 1.37 bits per heavy atom. The minimum atomic E-state index is -2.06. The molecule has 0 radical (unpaired) electrons. The van der Waals surface area contributed by atoms with Crippen LogP contribution in [0.3, 0.4) is 0 Å². The highest BCUT2D eigenvalue weighted by Crippen LogP contribution is 2.33. The number of nitrogens with zero attached hydrogens (tertiary/aromatic N) is 7. The third-order valence-electron chi connectivity index (χ3n) is 18.1. The number of rotatable bonds is 13. The van der Waals surface area contributed by atoms with Crippen molar-refractivity contribution in [3.63, 3.8) is 0 Å². The third-order valence-corrected chi connectivity index (χ3v) is 19.0. The molecular formula is C62H84Cl3N13O15S. The summed E-state index contributed by atoms with van der Waals surface area (Å²) in [5.74, 6) is -9.49. The van der Waals surface area contributed by atoms with E-state index in [4.69, 9.17) is 15.8 Å². The van der Waals surface area contributed by atoms with Gasteiger partial charge in [-0.2, -0.15) is 5.10 Å². The maximum absolute atomic E-state index is 14.6. The molecule has 5 fully saturated rings. The Hall–Kier alpha value is -7.00. The van der Waals surface area contributed by atoms with Crippen molar-refractivity contribution in [1.29, 1.82) is 0 Å². The molecule has 514 valence electrons. The number of aliphatic hydroxyl groups is 6. The number of phenolic OH excluding ortho intramolecular Hbond substituents is 2. The Bertz CT molecular complexity index is 3420. The quantitative estimate of drug-likeness (QED) is 0.0664. The van der Waals surface area contributed by atoms with Crippen LogP contribution in [0.25, 0.3) is 26.8 Å². The highest BCUT2D eigenvalue weighted by molar-refractivity contribution is 7.19. The number of benzene rings is 3. The number of nitrogens with two attached hydrogens (primary N) is 1. The molecule has 32 heteroatoms. The van der Waals surface area contributed by atoms with Crippen molar-refractivity contribution >= 4 is 101 Å². The highest BCUT2D eigenvalue weighted by atomic mass is 35.5. The Labute approximate surface area is 564 Å². The van der Waals surface area contributed by atoms with Gasteiger partial charge < -0.3 is 87.9 Å². The first kappa shape index (κ1) is 74.4. The summed E-state index contributed by atoms with van der Waals surface area (Å²) >= 11 is 1.42. The van der Waals surface area contributed by atoms with Crippen LogP contribution >= 0.6 is 48.6 Å². The second-order valence-corrected chi connectivity index (χ2v) is 25.6. The molecule has 1 aliphatic carbocycles. The number of aromatic nitrogens is 3. The number of carbonyl (C=O) groups excluding carboxylic acids is 7. The summed E-state index contributed by atoms with van der Waals surface area (Å²) in [6.45, 7) is 5.08. The molecule has 94 heavy (non-hydrogen) atoms. The molecule has 1 saturated carbocycles. The number of carbonyl (C=O) groups is 7. The summed E-state index contributed by atoms with van der Waals surface area (Å²) < 4.78 is 1.69. The standard InChI is InChI=1S/C62H81N13O15S.3ClH/c1-32-29-74-52(53(32)83)58(88)64-28-40(77)26-42(65-54(84)36-11-9-35(10-12-36)43-31-75-62(66-43)91-59(70-75)37-13-15-39(16-14-37)72-22-20-71(21-23-72)38-6-4-3-5-7-38)55(85)67-49(33(2)76)60(89)73-30-41(78)27-44(73)56(86)68-50(48(82)25-34-8-17-45(79)47(81)24-34)57(87)69-51(61(74)90)46(80)18-19-63;;;/h8-17,24,31-33,38,40-42,44,46,48-53,76-83H,3-7,18-23,25-30,63H2,1-2H3,(H,64,88)(H,65,84)(H,67,85)(H,68,86)(H,69,87);3*1H/t32-,33+,40+,41+,42+,44+,46-,48-,49+,50+,51+,52+,53+;;;/m1.../s1. The van der Waals surface area contributed by atoms with Crippen molar-refractivity contribution < 1.29 is 74.4 Å². The predicted molar refractivity (Wildman–Crippen MR) is 352 cm³/mol. The predicted octanol–water partition coefficient (Wildman–Crippen LogP) is -0.447. The number of anilines is 1. The van der Waals surface area contributed by atoms with Crippen LogP contribution in [0.15, 0.2) is 72.9 Å². The molecule has 0 bridgehead atoms. The molecule has 5 aliphatic rings. The van der Waals surface area contributed by atoms with Crippen molar-refractivity contribution in [3.8, 4) is 33.3 Å². The molecule has 2 aromatic heterocycles. The molecule has 6 heterocycles. The lowest BCUT2D eigenvalue weighted by atomic mass is 9.94. The van der Waals surface area contributed by atoms with E-state index < -0.39 is 164 Å². The molecule has 15 N–H and O–H groups in total. The van der Waals surface area contributed by atoms with Crippen LogP contribution in [0.1, 0.15) is 81.1 Å². The summed E-state index contributed by atoms with van der Waals surface area (Å²) in [6, 6.07) is 7.86. The average Bonchev–Trinajstić information content (AvgIpc) is 1.62. The van der Waals surface area contributed by atoms with E-state index in [9.17, 15) is 74.4 Å². The molecule has 28 nitrogen and oxygen atoms in total. The number of imidazole rings is 1. The second-order valence-electron chi connectivity index (χ2n) is 24.6. The van der Waals surface area contributed by atoms with E-state index in [1.54, 1.807) is 22.8 Å². The fourth-order valence-electron chi connectivity index (χ4n) is 12.9. The van der Waals surface area contributed by atoms with Gasteiger partial charge in [-0.15, -0.1) is 37.2 Å². The van der Waals surface area contributed by atoms with Gasteiger partial charge in [0.2, 0.25) is 40.4 Å². The van der Waals surface area contributed by atoms with Crippen molar-refractivity contribution in [3.05, 3.63) is 84.1 Å². The summed E-state index contributed by atoms with van der Waals surface area (Å²) in [6.07, 6.45) is -3.61. The number of aromatic hydroxyl groups is 2. The van der Waals surface area contributed by atoms with Crippen molar-refractivity contribution in [2.24, 2.45) is 11.7 Å². The number of fused-ring (bicyclic) bond motifs is 3. The summed E-state index contributed by atoms with van der Waals surface area (Å²) in [4.78, 5) is 113. The third kappa shape index (κ3) is 17.0. The van der Waals surface area contributed by atoms with Crippen LogP contribution < -0.4 is 37.2 Å². The minimum absolute atomic E-state index is 0. The van der Waals surface area contributed by atoms with Gasteiger partial charge in [0.05, 0.1) is 48.5 Å². The maximum atomic E-state index is 14.6. The number of hydrogen-bond acceptors (Lipinski definition) is 21. The molecule has 5 aromatic rings. The molecule has 4 saturated heterocycles. The lowest BCUT2D eigenvalue weighted by Crippen LogP contribution is -2.64. The summed E-state index contributed by atoms with van der Waals surface area (Å²) in [7, 11) is 0. The number of hydrogen-bond donors (Lipinski definition) is 14. The van der Waals surface area contributed by atoms with Gasteiger partial charge in [-0.25, -0.2) is 9.50 Å². The number of aliphatic hydroxyl groups excluding tert-OH is 6. The van der Waals surface area contributed by atoms with Gasteiger partial charge in [0.1, 0.15) is 41.3 Å². The number of nitrogens with one attached hydrogen (secondary N) is 5. The van der Waals surface area contributed by atoms with E-state index >= 15 is 0 Å². The zero-order valence-corrected chi connectivity index (χ0v) is 55.1. The van der Waals surface area contributed by atoms with E-state index in [0.717, 1.165) is 65.6 Å². The first-order valence-electron chi connectivity index (χ1n) is 31.0. The van der Waals surface area contributed by atoms with E-state index in [0.29, 0.717) is 22.3 Å². The first-order valence-corrected chi connectivity index (χ1v) is 31.8. The number of halogens is 3. The lowest BCUT2D eigenvalue weighted by Gasteiger charge is -2.41. The number of amides is 7. The number of phenols is 2. The zero-order chi connectivity index (χ0) is 64.9. The van der Waals surface area contributed by atoms with E-state index in [2.05, 4.69) is 60.6 Å². The van der Waals surface area contributed by atoms with Crippen LogP contribution in [0.5, 0.6) is 11.5 Å². The van der Waals surface area contributed by atoms with E-state index in [1.165, 1.54) is 74.3 Å². The van der Waals surface area contributed by atoms with E-state index in [1.807, 2.05) is 0 Å². The SMILES string of the molecule is C[C@H](O)[C@@H]1NC(=O)[C@@H](NC(=O)c2ccc(-c3cn4nc(-c5ccc(N6CCN(C7CCCCC7)CC6)cc5)sc4n3)cc2)C[C@H](O)CNC(=O)[C@@H]2[C@@H](O)[C@H](C)CN2C(=O)[C@H]([C@H](O)CCN)NC(=O)[C@H]([C@H](O)Cc2ccc(O)c(O)c2)NC(=O)[C@@H]2C[C@H](O)CN2C1=O.Cl.Cl.Cl. The van der Waals surface area contributed by atoms with Gasteiger partial charge in [0, 0.05) is 99.4 Å². The van der Waals surface area contributed by atoms with Crippen LogP contribution in [-0.4, -0.2) is 243 Å². The fraction of sp³-hybridized carbons (Fsp3) is 0.532. The van der Waals surface area contributed by atoms with Crippen molar-refractivity contribution in [1.82, 2.24) is 55.9 Å². The molecule has 4 aliphatic heterocycles. The van der Waals surface area contributed by atoms with Crippen molar-refractivity contribution in [2.45, 2.75) is 151 Å². The minimum Gasteiger partial charge on any atom is -0.504 e. The Morgan fingerprint density at radius 3 is 2.02 bits per heavy atom. The van der Waals surface area contributed by atoms with Gasteiger partial charge in [0.25, 0.3) is 5.91 Å². The first-order chi connectivity index (χ1) is 43.5. The Kier molecular flexibility index (Phi) is 25.8. The van der Waals surface area contributed by atoms with Crippen LogP contribution in [0, 0.1) is 5.92 Å². The monoisotopic (exact) mass is 1390 g/mol. The fourth-order valence-corrected chi connectivity index (χ4v) is 13.8. The largest absolute Gasteiger partial charge is 0.504 e. The Morgan fingerprint density at radius 1 is 0.723 bits per heavy atom. The van der Waals surface area contributed by atoms with Crippen LogP contribution in [-0.2, 0) is 35.2 Å². The van der Waals surface area contributed by atoms with Gasteiger partial charge >= 0.3 is 0 Å². The van der Waals surface area contributed by atoms with Gasteiger partial charge in [-0.3, -0.25) is 38.5 Å². The van der Waals surface area contributed by atoms with Crippen molar-refractivity contribution in [2.75, 3.05) is 57.3 Å². The van der Waals surface area contributed by atoms with E-state index in [-0.39, 0.29) is 67.9 Å². The molecule has 7 amide bonds. The number of piperazine rings is 1. The summed E-state index contributed by atoms with van der Waals surface area (Å²) in [5, 5.41) is 106. The van der Waals surface area contributed by atoms with Crippen LogP contribution in [0.4, 0.5) is 5.69 Å². The van der Waals surface area contributed by atoms with Gasteiger partial charge in [0.15, 0.2) is 11.5 Å². The van der Waals surface area contributed by atoms with Gasteiger partial charge in [-0.1, -0.05) is 55.7 Å². The molecule has 0 unspecified atom stereocenters. The molecule has 3 aromatic carbocycles. The molecule has 13 atom stereocenters. The lowest BCUT2D eigenvalue weighted by molar-refractivity contribution is -0.147. The highest BCUT2D eigenvalue weighted by Gasteiger charge is 2.50. The van der Waals surface area contributed by atoms with Crippen LogP contribution in [0.2, 0.25) is 0 Å². The smallest absolute Gasteiger partial charge is 0.251 e. The normalized spacial score (nSPS) is 26.6. The summed E-state index contributed by atoms with van der Waals surface area (Å²) in [5.41, 5.74) is 9.27.